The Balaban J connectivity index is 2.07. The topological polar surface area (TPSA) is 83.8 Å². The van der Waals surface area contributed by atoms with E-state index in [1.807, 2.05) is 31.3 Å². The van der Waals surface area contributed by atoms with E-state index in [-0.39, 0.29) is 12.4 Å². The van der Waals surface area contributed by atoms with Gasteiger partial charge < -0.3 is 28.8 Å². The third kappa shape index (κ3) is 2.43. The largest absolute Gasteiger partial charge is 0.492 e. The van der Waals surface area contributed by atoms with Crippen molar-refractivity contribution in [3.05, 3.63) is 40.8 Å². The van der Waals surface area contributed by atoms with Crippen molar-refractivity contribution in [2.24, 2.45) is 0 Å². The van der Waals surface area contributed by atoms with Crippen molar-refractivity contribution in [2.75, 3.05) is 34.6 Å². The highest BCUT2D eigenvalue weighted by atomic mass is 16.7. The molecule has 0 saturated heterocycles. The second-order valence-corrected chi connectivity index (χ2v) is 6.98. The lowest BCUT2D eigenvalue weighted by molar-refractivity contribution is 0.169. The molecule has 0 fully saturated rings. The van der Waals surface area contributed by atoms with Gasteiger partial charge in [0.1, 0.15) is 5.52 Å². The van der Waals surface area contributed by atoms with Crippen molar-refractivity contribution < 1.29 is 18.9 Å². The first-order chi connectivity index (χ1) is 14.7. The number of likely N-dealkylation sites (N-methyl/N-ethyl adjacent to an activating group) is 1. The molecule has 8 nitrogen and oxygen atoms in total. The van der Waals surface area contributed by atoms with Crippen molar-refractivity contribution in [1.82, 2.24) is 14.9 Å². The summed E-state index contributed by atoms with van der Waals surface area (Å²) in [6, 6.07) is 7.56. The molecule has 0 radical (unpaired) electrons. The van der Waals surface area contributed by atoms with Gasteiger partial charge in [0, 0.05) is 30.1 Å². The molecule has 1 aliphatic heterocycles. The Morgan fingerprint density at radius 1 is 1.07 bits per heavy atom. The average molecular weight is 407 g/mol. The Morgan fingerprint density at radius 3 is 2.47 bits per heavy atom. The van der Waals surface area contributed by atoms with Crippen LogP contribution in [0.2, 0.25) is 0 Å². The predicted octanol–water partition coefficient (Wildman–Crippen LogP) is 2.67. The molecule has 0 unspecified atom stereocenters. The third-order valence-electron chi connectivity index (χ3n) is 5.48. The fraction of sp³-hybridized carbons (Fsp3) is 0.273. The van der Waals surface area contributed by atoms with Crippen LogP contribution in [0, 0.1) is 0 Å². The van der Waals surface area contributed by atoms with Gasteiger partial charge in [0.05, 0.1) is 25.1 Å². The summed E-state index contributed by atoms with van der Waals surface area (Å²) in [7, 11) is 4.98. The maximum absolute atomic E-state index is 13.5. The highest BCUT2D eigenvalue weighted by Crippen LogP contribution is 2.54. The first kappa shape index (κ1) is 18.5. The van der Waals surface area contributed by atoms with Crippen LogP contribution in [0.1, 0.15) is 0 Å². The summed E-state index contributed by atoms with van der Waals surface area (Å²) < 4.78 is 24.5. The summed E-state index contributed by atoms with van der Waals surface area (Å²) in [6.45, 7) is 1.17. The highest BCUT2D eigenvalue weighted by molar-refractivity contribution is 6.18. The molecule has 2 aromatic carbocycles. The predicted molar refractivity (Wildman–Crippen MR) is 114 cm³/mol. The normalized spacial score (nSPS) is 12.8. The number of nitrogens with zero attached hydrogens (tertiary/aromatic N) is 2. The third-order valence-corrected chi connectivity index (χ3v) is 5.48. The zero-order valence-electron chi connectivity index (χ0n) is 16.9. The van der Waals surface area contributed by atoms with E-state index in [9.17, 15) is 4.79 Å². The van der Waals surface area contributed by atoms with Gasteiger partial charge >= 0.3 is 0 Å². The summed E-state index contributed by atoms with van der Waals surface area (Å²) in [5.41, 5.74) is 1.21. The second kappa shape index (κ2) is 7.07. The van der Waals surface area contributed by atoms with Gasteiger partial charge in [-0.25, -0.2) is 0 Å². The Hall–Kier alpha value is -3.52. The molecule has 0 aliphatic carbocycles. The number of nitrogens with one attached hydrogen (secondary N) is 1. The molecule has 1 N–H and O–H groups in total. The van der Waals surface area contributed by atoms with Crippen LogP contribution in [0.25, 0.3) is 32.6 Å². The van der Waals surface area contributed by atoms with E-state index in [0.29, 0.717) is 52.4 Å². The maximum Gasteiger partial charge on any atom is 0.258 e. The lowest BCUT2D eigenvalue weighted by Crippen LogP contribution is -2.26. The number of ether oxygens (including phenoxy) is 4. The fourth-order valence-corrected chi connectivity index (χ4v) is 4.18. The van der Waals surface area contributed by atoms with Gasteiger partial charge in [-0.1, -0.05) is 18.2 Å². The molecular weight excluding hydrogens is 386 g/mol. The van der Waals surface area contributed by atoms with Crippen LogP contribution >= 0.6 is 0 Å². The molecule has 4 aromatic rings. The molecule has 0 bridgehead atoms. The minimum Gasteiger partial charge on any atom is -0.492 e. The number of hydrogen-bond donors (Lipinski definition) is 1. The molecule has 2 aromatic heterocycles. The zero-order valence-corrected chi connectivity index (χ0v) is 16.9. The fourth-order valence-electron chi connectivity index (χ4n) is 4.18. The van der Waals surface area contributed by atoms with Crippen LogP contribution in [0.5, 0.6) is 23.0 Å². The Kier molecular flexibility index (Phi) is 4.36. The van der Waals surface area contributed by atoms with Crippen LogP contribution in [-0.4, -0.2) is 44.2 Å². The number of aromatic nitrogens is 2. The molecule has 0 amide bonds. The van der Waals surface area contributed by atoms with Gasteiger partial charge in [-0.3, -0.25) is 9.78 Å². The smallest absolute Gasteiger partial charge is 0.258 e. The SMILES string of the molecule is CNCCn1c(=O)c2ccccc2c2cnc3c(OC)c4c(c(OC)c3c21)OCO4. The average Bonchev–Trinajstić information content (AvgIpc) is 3.26. The number of hydrogen-bond acceptors (Lipinski definition) is 7. The molecule has 0 atom stereocenters. The van der Waals surface area contributed by atoms with E-state index >= 15 is 0 Å². The van der Waals surface area contributed by atoms with Crippen molar-refractivity contribution in [1.29, 1.82) is 0 Å². The molecule has 0 saturated carbocycles. The van der Waals surface area contributed by atoms with E-state index in [2.05, 4.69) is 5.32 Å². The Morgan fingerprint density at radius 2 is 1.77 bits per heavy atom. The first-order valence-electron chi connectivity index (χ1n) is 9.63. The van der Waals surface area contributed by atoms with Crippen LogP contribution in [0.4, 0.5) is 0 Å². The van der Waals surface area contributed by atoms with Gasteiger partial charge in [0.25, 0.3) is 5.56 Å². The molecule has 154 valence electrons. The summed E-state index contributed by atoms with van der Waals surface area (Å²) in [6.07, 6.45) is 1.78. The Bertz CT molecular complexity index is 1360. The molecule has 30 heavy (non-hydrogen) atoms. The van der Waals surface area contributed by atoms with Gasteiger partial charge in [-0.05, 0) is 18.5 Å². The van der Waals surface area contributed by atoms with Crippen molar-refractivity contribution >= 4 is 32.6 Å². The number of pyridine rings is 2. The minimum absolute atomic E-state index is 0.0613. The lowest BCUT2D eigenvalue weighted by atomic mass is 10.0. The number of rotatable bonds is 5. The quantitative estimate of drug-likeness (QED) is 0.509. The van der Waals surface area contributed by atoms with E-state index < -0.39 is 0 Å². The van der Waals surface area contributed by atoms with Crippen molar-refractivity contribution in [2.45, 2.75) is 6.54 Å². The maximum atomic E-state index is 13.5. The molecule has 8 heteroatoms. The van der Waals surface area contributed by atoms with Crippen LogP contribution in [0.15, 0.2) is 35.3 Å². The summed E-state index contributed by atoms with van der Waals surface area (Å²) >= 11 is 0. The van der Waals surface area contributed by atoms with Gasteiger partial charge in [-0.15, -0.1) is 0 Å². The van der Waals surface area contributed by atoms with E-state index in [1.165, 1.54) is 0 Å². The lowest BCUT2D eigenvalue weighted by Gasteiger charge is -2.18. The summed E-state index contributed by atoms with van der Waals surface area (Å²) in [5.74, 6) is 1.85. The molecular formula is C22H21N3O5. The van der Waals surface area contributed by atoms with Crippen molar-refractivity contribution in [3.8, 4) is 23.0 Å². The standard InChI is InChI=1S/C22H21N3O5/c1-23-8-9-25-17-14(12-6-4-5-7-13(12)22(25)26)10-24-16-15(17)18(27-2)20-21(19(16)28-3)30-11-29-20/h4-7,10,23H,8-9,11H2,1-3H3. The number of benzene rings is 2. The number of methoxy groups -OCH3 is 2. The molecule has 0 spiro atoms. The van der Waals surface area contributed by atoms with E-state index in [1.54, 1.807) is 25.0 Å². The Labute approximate surface area is 171 Å². The van der Waals surface area contributed by atoms with Crippen LogP contribution in [0.3, 0.4) is 0 Å². The first-order valence-corrected chi connectivity index (χ1v) is 9.63. The monoisotopic (exact) mass is 407 g/mol. The van der Waals surface area contributed by atoms with E-state index in [0.717, 1.165) is 16.3 Å². The summed E-state index contributed by atoms with van der Waals surface area (Å²) in [5, 5.41) is 6.12. The van der Waals surface area contributed by atoms with E-state index in [4.69, 9.17) is 23.9 Å². The van der Waals surface area contributed by atoms with Crippen LogP contribution in [-0.2, 0) is 6.54 Å². The molecule has 3 heterocycles. The highest BCUT2D eigenvalue weighted by Gasteiger charge is 2.31. The zero-order chi connectivity index (χ0) is 20.8. The second-order valence-electron chi connectivity index (χ2n) is 6.98. The molecule has 1 aliphatic rings. The summed E-state index contributed by atoms with van der Waals surface area (Å²) in [4.78, 5) is 18.2. The van der Waals surface area contributed by atoms with Crippen molar-refractivity contribution in [3.63, 3.8) is 0 Å². The van der Waals surface area contributed by atoms with Gasteiger partial charge in [0.15, 0.2) is 11.5 Å². The molecule has 5 rings (SSSR count). The van der Waals surface area contributed by atoms with Gasteiger partial charge in [0.2, 0.25) is 18.3 Å². The minimum atomic E-state index is -0.0699. The van der Waals surface area contributed by atoms with Crippen LogP contribution < -0.4 is 29.8 Å². The number of fused-ring (bicyclic) bond motifs is 6. The van der Waals surface area contributed by atoms with Gasteiger partial charge in [-0.2, -0.15) is 0 Å².